The number of hydrogen-bond acceptors (Lipinski definition) is 5. The third-order valence-electron chi connectivity index (χ3n) is 2.87. The number of nitro groups is 1. The minimum Gasteiger partial charge on any atom is -0.450 e. The molecule has 2 aromatic carbocycles. The van der Waals surface area contributed by atoms with Gasteiger partial charge >= 0.3 is 5.69 Å². The first kappa shape index (κ1) is 14.5. The van der Waals surface area contributed by atoms with Crippen LogP contribution in [0.2, 0.25) is 0 Å². The first-order valence-corrected chi connectivity index (χ1v) is 6.15. The van der Waals surface area contributed by atoms with Gasteiger partial charge in [0.15, 0.2) is 0 Å². The van der Waals surface area contributed by atoms with E-state index >= 15 is 0 Å². The number of nitrogens with zero attached hydrogens (tertiary/aromatic N) is 2. The van der Waals surface area contributed by atoms with Crippen LogP contribution in [0.25, 0.3) is 0 Å². The summed E-state index contributed by atoms with van der Waals surface area (Å²) in [6.07, 6.45) is -0.798. The average Bonchev–Trinajstić information content (AvgIpc) is 2.48. The molecule has 0 aliphatic rings. The van der Waals surface area contributed by atoms with Crippen molar-refractivity contribution in [3.05, 3.63) is 63.7 Å². The summed E-state index contributed by atoms with van der Waals surface area (Å²) in [5.74, 6) is 0.469. The summed E-state index contributed by atoms with van der Waals surface area (Å²) in [5, 5.41) is 29.3. The Kier molecular flexibility index (Phi) is 4.16. The van der Waals surface area contributed by atoms with Gasteiger partial charge in [0.2, 0.25) is 5.75 Å². The fourth-order valence-corrected chi connectivity index (χ4v) is 1.75. The van der Waals surface area contributed by atoms with Crippen LogP contribution in [0.1, 0.15) is 24.2 Å². The number of aliphatic hydroxyl groups is 1. The molecule has 0 aromatic heterocycles. The van der Waals surface area contributed by atoms with Crippen molar-refractivity contribution >= 4 is 5.69 Å². The van der Waals surface area contributed by atoms with Crippen LogP contribution >= 0.6 is 0 Å². The van der Waals surface area contributed by atoms with Crippen molar-refractivity contribution in [1.82, 2.24) is 0 Å². The zero-order valence-corrected chi connectivity index (χ0v) is 11.2. The molecule has 6 heteroatoms. The van der Waals surface area contributed by atoms with E-state index in [4.69, 9.17) is 10.00 Å². The van der Waals surface area contributed by atoms with E-state index in [-0.39, 0.29) is 11.4 Å². The maximum absolute atomic E-state index is 11.1. The first-order valence-electron chi connectivity index (χ1n) is 6.15. The molecular formula is C15H12N2O4. The standard InChI is InChI=1S/C15H12N2O4/c1-10(18)12-4-7-15(14(8-12)17(19)20)21-13-5-2-11(9-16)3-6-13/h2-8,10,18H,1H3/t10-/m0/s1. The summed E-state index contributed by atoms with van der Waals surface area (Å²) in [5.41, 5.74) is 0.688. The molecule has 2 aromatic rings. The Morgan fingerprint density at radius 3 is 2.48 bits per heavy atom. The van der Waals surface area contributed by atoms with Gasteiger partial charge in [-0.15, -0.1) is 0 Å². The molecule has 1 N–H and O–H groups in total. The third-order valence-corrected chi connectivity index (χ3v) is 2.87. The summed E-state index contributed by atoms with van der Waals surface area (Å²) in [6.45, 7) is 1.53. The number of nitro benzene ring substituents is 1. The molecule has 106 valence electrons. The van der Waals surface area contributed by atoms with E-state index in [9.17, 15) is 15.2 Å². The van der Waals surface area contributed by atoms with Crippen LogP contribution in [-0.2, 0) is 0 Å². The number of ether oxygens (including phenoxy) is 1. The Labute approximate surface area is 121 Å². The van der Waals surface area contributed by atoms with Crippen molar-refractivity contribution in [2.75, 3.05) is 0 Å². The summed E-state index contributed by atoms with van der Waals surface area (Å²) in [6, 6.07) is 12.5. The molecule has 0 aliphatic carbocycles. The predicted molar refractivity (Wildman–Crippen MR) is 75.0 cm³/mol. The van der Waals surface area contributed by atoms with Crippen molar-refractivity contribution in [3.63, 3.8) is 0 Å². The van der Waals surface area contributed by atoms with Gasteiger partial charge in [0.05, 0.1) is 22.7 Å². The molecule has 0 amide bonds. The van der Waals surface area contributed by atoms with E-state index in [1.54, 1.807) is 30.3 Å². The summed E-state index contributed by atoms with van der Waals surface area (Å²) in [4.78, 5) is 10.5. The van der Waals surface area contributed by atoms with E-state index in [1.807, 2.05) is 6.07 Å². The zero-order chi connectivity index (χ0) is 15.4. The normalized spacial score (nSPS) is 11.5. The second-order valence-corrected chi connectivity index (χ2v) is 4.40. The second kappa shape index (κ2) is 6.03. The van der Waals surface area contributed by atoms with Crippen LogP contribution in [0.4, 0.5) is 5.69 Å². The van der Waals surface area contributed by atoms with Crippen molar-refractivity contribution in [2.24, 2.45) is 0 Å². The van der Waals surface area contributed by atoms with Crippen molar-refractivity contribution in [2.45, 2.75) is 13.0 Å². The van der Waals surface area contributed by atoms with Gasteiger partial charge in [-0.05, 0) is 42.8 Å². The highest BCUT2D eigenvalue weighted by Crippen LogP contribution is 2.33. The lowest BCUT2D eigenvalue weighted by Crippen LogP contribution is -1.97. The fraction of sp³-hybridized carbons (Fsp3) is 0.133. The van der Waals surface area contributed by atoms with E-state index in [2.05, 4.69) is 0 Å². The van der Waals surface area contributed by atoms with Gasteiger partial charge in [-0.1, -0.05) is 6.07 Å². The molecule has 0 radical (unpaired) electrons. The molecule has 6 nitrogen and oxygen atoms in total. The molecule has 0 aliphatic heterocycles. The quantitative estimate of drug-likeness (QED) is 0.686. The Balaban J connectivity index is 2.34. The van der Waals surface area contributed by atoms with Crippen LogP contribution in [0.15, 0.2) is 42.5 Å². The summed E-state index contributed by atoms with van der Waals surface area (Å²) < 4.78 is 5.47. The molecule has 0 unspecified atom stereocenters. The Bertz CT molecular complexity index is 703. The predicted octanol–water partition coefficient (Wildman–Crippen LogP) is 3.31. The van der Waals surface area contributed by atoms with E-state index in [1.165, 1.54) is 19.1 Å². The maximum Gasteiger partial charge on any atom is 0.311 e. The molecule has 0 heterocycles. The van der Waals surface area contributed by atoms with Gasteiger partial charge in [0, 0.05) is 6.07 Å². The Morgan fingerprint density at radius 1 is 1.29 bits per heavy atom. The van der Waals surface area contributed by atoms with Crippen LogP contribution < -0.4 is 4.74 Å². The van der Waals surface area contributed by atoms with Crippen LogP contribution in [-0.4, -0.2) is 10.0 Å². The molecule has 0 bridgehead atoms. The lowest BCUT2D eigenvalue weighted by molar-refractivity contribution is -0.385. The van der Waals surface area contributed by atoms with Gasteiger partial charge in [-0.2, -0.15) is 5.26 Å². The SMILES string of the molecule is C[C@H](O)c1ccc(Oc2ccc(C#N)cc2)c([N+](=O)[O-])c1. The molecule has 0 spiro atoms. The molecule has 1 atom stereocenters. The molecular weight excluding hydrogens is 272 g/mol. The second-order valence-electron chi connectivity index (χ2n) is 4.40. The Morgan fingerprint density at radius 2 is 1.95 bits per heavy atom. The molecule has 2 rings (SSSR count). The van der Waals surface area contributed by atoms with Crippen LogP contribution in [0.3, 0.4) is 0 Å². The number of aliphatic hydroxyl groups excluding tert-OH is 1. The molecule has 0 saturated heterocycles. The van der Waals surface area contributed by atoms with Gasteiger partial charge in [0.25, 0.3) is 0 Å². The third kappa shape index (κ3) is 3.35. The fourth-order valence-electron chi connectivity index (χ4n) is 1.75. The monoisotopic (exact) mass is 284 g/mol. The molecule has 0 fully saturated rings. The average molecular weight is 284 g/mol. The molecule has 21 heavy (non-hydrogen) atoms. The minimum absolute atomic E-state index is 0.0779. The van der Waals surface area contributed by atoms with Crippen LogP contribution in [0, 0.1) is 21.4 Å². The van der Waals surface area contributed by atoms with E-state index in [0.29, 0.717) is 16.9 Å². The first-order chi connectivity index (χ1) is 10.0. The maximum atomic E-state index is 11.1. The number of nitriles is 1. The summed E-state index contributed by atoms with van der Waals surface area (Å²) in [7, 11) is 0. The number of rotatable bonds is 4. The van der Waals surface area contributed by atoms with Gasteiger partial charge < -0.3 is 9.84 Å². The number of benzene rings is 2. The molecule has 0 saturated carbocycles. The smallest absolute Gasteiger partial charge is 0.311 e. The van der Waals surface area contributed by atoms with Gasteiger partial charge in [0.1, 0.15) is 5.75 Å². The Hall–Kier alpha value is -2.91. The highest BCUT2D eigenvalue weighted by atomic mass is 16.6. The minimum atomic E-state index is -0.798. The zero-order valence-electron chi connectivity index (χ0n) is 11.2. The highest BCUT2D eigenvalue weighted by Gasteiger charge is 2.18. The van der Waals surface area contributed by atoms with Gasteiger partial charge in [-0.3, -0.25) is 10.1 Å². The lowest BCUT2D eigenvalue weighted by Gasteiger charge is -2.09. The van der Waals surface area contributed by atoms with Crippen molar-refractivity contribution in [3.8, 4) is 17.6 Å². The topological polar surface area (TPSA) is 96.4 Å². The largest absolute Gasteiger partial charge is 0.450 e. The lowest BCUT2D eigenvalue weighted by atomic mass is 10.1. The number of hydrogen-bond donors (Lipinski definition) is 1. The van der Waals surface area contributed by atoms with E-state index < -0.39 is 11.0 Å². The highest BCUT2D eigenvalue weighted by molar-refractivity contribution is 5.51. The van der Waals surface area contributed by atoms with Crippen LogP contribution in [0.5, 0.6) is 11.5 Å². The summed E-state index contributed by atoms with van der Waals surface area (Å²) >= 11 is 0. The van der Waals surface area contributed by atoms with Crippen molar-refractivity contribution in [1.29, 1.82) is 5.26 Å². The van der Waals surface area contributed by atoms with E-state index in [0.717, 1.165) is 0 Å². The van der Waals surface area contributed by atoms with Gasteiger partial charge in [-0.25, -0.2) is 0 Å². The van der Waals surface area contributed by atoms with Crippen molar-refractivity contribution < 1.29 is 14.8 Å².